The predicted molar refractivity (Wildman–Crippen MR) is 92.4 cm³/mol. The van der Waals surface area contributed by atoms with Crippen molar-refractivity contribution in [2.75, 3.05) is 7.05 Å². The third-order valence-corrected chi connectivity index (χ3v) is 4.60. The zero-order chi connectivity index (χ0) is 17.4. The van der Waals surface area contributed by atoms with Gasteiger partial charge in [0.05, 0.1) is 18.4 Å². The molecule has 1 aliphatic carbocycles. The number of rotatable bonds is 5. The number of para-hydroxylation sites is 1. The molecule has 1 amide bonds. The van der Waals surface area contributed by atoms with Crippen molar-refractivity contribution in [2.24, 2.45) is 5.92 Å². The van der Waals surface area contributed by atoms with Gasteiger partial charge in [0.2, 0.25) is 0 Å². The number of hydrogen-bond donors (Lipinski definition) is 0. The maximum absolute atomic E-state index is 12.6. The summed E-state index contributed by atoms with van der Waals surface area (Å²) in [6.45, 7) is 2.64. The van der Waals surface area contributed by atoms with Crippen LogP contribution in [0.15, 0.2) is 53.1 Å². The Bertz CT molecular complexity index is 884. The Morgan fingerprint density at radius 2 is 2.04 bits per heavy atom. The van der Waals surface area contributed by atoms with E-state index in [1.165, 1.54) is 17.4 Å². The van der Waals surface area contributed by atoms with Crippen LogP contribution in [0.25, 0.3) is 5.69 Å². The molecular formula is C19H20N4O2. The summed E-state index contributed by atoms with van der Waals surface area (Å²) in [6.07, 6.45) is 2.68. The molecule has 2 heterocycles. The third-order valence-electron chi connectivity index (χ3n) is 4.60. The summed E-state index contributed by atoms with van der Waals surface area (Å²) < 4.78 is 5.87. The minimum atomic E-state index is -0.181. The highest BCUT2D eigenvalue weighted by atomic mass is 16.3. The lowest BCUT2D eigenvalue weighted by Gasteiger charge is -2.13. The van der Waals surface area contributed by atoms with E-state index in [1.54, 1.807) is 11.9 Å². The van der Waals surface area contributed by atoms with Crippen molar-refractivity contribution in [3.05, 3.63) is 65.9 Å². The minimum Gasteiger partial charge on any atom is -0.464 e. The maximum atomic E-state index is 12.6. The van der Waals surface area contributed by atoms with Gasteiger partial charge in [-0.25, -0.2) is 0 Å². The van der Waals surface area contributed by atoms with Gasteiger partial charge in [-0.05, 0) is 36.6 Å². The number of aromatic nitrogens is 3. The second-order valence-corrected chi connectivity index (χ2v) is 6.64. The SMILES string of the molecule is C[C@H]1C[C@H]1c1ccc(CN(C)C(=O)c2cnn(-c3ccccc3)n2)o1. The first-order valence-corrected chi connectivity index (χ1v) is 8.43. The molecule has 4 rings (SSSR count). The molecule has 1 aliphatic rings. The van der Waals surface area contributed by atoms with E-state index in [-0.39, 0.29) is 5.91 Å². The second-order valence-electron chi connectivity index (χ2n) is 6.64. The van der Waals surface area contributed by atoms with Gasteiger partial charge in [0.15, 0.2) is 5.69 Å². The Balaban J connectivity index is 1.43. The molecule has 25 heavy (non-hydrogen) atoms. The van der Waals surface area contributed by atoms with Crippen LogP contribution in [0.2, 0.25) is 0 Å². The van der Waals surface area contributed by atoms with E-state index in [2.05, 4.69) is 17.1 Å². The van der Waals surface area contributed by atoms with Crippen LogP contribution in [-0.4, -0.2) is 32.8 Å². The average Bonchev–Trinajstić information content (AvgIpc) is 3.05. The smallest absolute Gasteiger partial charge is 0.276 e. The summed E-state index contributed by atoms with van der Waals surface area (Å²) >= 11 is 0. The molecule has 1 aromatic carbocycles. The Labute approximate surface area is 146 Å². The highest BCUT2D eigenvalue weighted by molar-refractivity contribution is 5.91. The Morgan fingerprint density at radius 3 is 2.76 bits per heavy atom. The van der Waals surface area contributed by atoms with Gasteiger partial charge in [0, 0.05) is 13.0 Å². The van der Waals surface area contributed by atoms with Gasteiger partial charge in [-0.3, -0.25) is 4.79 Å². The molecule has 1 saturated carbocycles. The standard InChI is InChI=1S/C19H20N4O2/c1-13-10-16(13)18-9-8-15(25-18)12-22(2)19(24)17-11-20-23(21-17)14-6-4-3-5-7-14/h3-9,11,13,16H,10,12H2,1-2H3/t13-,16+/m0/s1. The molecular weight excluding hydrogens is 316 g/mol. The van der Waals surface area contributed by atoms with E-state index < -0.39 is 0 Å². The molecule has 0 radical (unpaired) electrons. The maximum Gasteiger partial charge on any atom is 0.276 e. The zero-order valence-corrected chi connectivity index (χ0v) is 14.3. The summed E-state index contributed by atoms with van der Waals surface area (Å²) in [5.74, 6) is 2.88. The predicted octanol–water partition coefficient (Wildman–Crippen LogP) is 3.26. The van der Waals surface area contributed by atoms with Crippen LogP contribution in [0.3, 0.4) is 0 Å². The molecule has 0 unspecified atom stereocenters. The number of amides is 1. The van der Waals surface area contributed by atoms with Gasteiger partial charge in [0.1, 0.15) is 11.5 Å². The van der Waals surface area contributed by atoms with Crippen molar-refractivity contribution in [2.45, 2.75) is 25.8 Å². The van der Waals surface area contributed by atoms with E-state index >= 15 is 0 Å². The highest BCUT2D eigenvalue weighted by Gasteiger charge is 2.36. The van der Waals surface area contributed by atoms with E-state index in [0.717, 1.165) is 17.2 Å². The van der Waals surface area contributed by atoms with Gasteiger partial charge < -0.3 is 9.32 Å². The molecule has 2 atom stereocenters. The Morgan fingerprint density at radius 1 is 1.28 bits per heavy atom. The average molecular weight is 336 g/mol. The number of carbonyl (C=O) groups is 1. The fourth-order valence-electron chi connectivity index (χ4n) is 2.95. The summed E-state index contributed by atoms with van der Waals surface area (Å²) in [4.78, 5) is 15.6. The normalized spacial score (nSPS) is 19.0. The van der Waals surface area contributed by atoms with Gasteiger partial charge in [0.25, 0.3) is 5.91 Å². The fraction of sp³-hybridized carbons (Fsp3) is 0.316. The molecule has 6 heteroatoms. The van der Waals surface area contributed by atoms with Crippen LogP contribution in [0, 0.1) is 5.92 Å². The zero-order valence-electron chi connectivity index (χ0n) is 14.3. The summed E-state index contributed by atoms with van der Waals surface area (Å²) in [7, 11) is 1.74. The molecule has 128 valence electrons. The van der Waals surface area contributed by atoms with Crippen molar-refractivity contribution in [1.29, 1.82) is 0 Å². The van der Waals surface area contributed by atoms with Gasteiger partial charge >= 0.3 is 0 Å². The lowest BCUT2D eigenvalue weighted by Crippen LogP contribution is -2.26. The minimum absolute atomic E-state index is 0.181. The molecule has 0 N–H and O–H groups in total. The Kier molecular flexibility index (Phi) is 3.87. The fourth-order valence-corrected chi connectivity index (χ4v) is 2.95. The lowest BCUT2D eigenvalue weighted by molar-refractivity contribution is 0.0768. The van der Waals surface area contributed by atoms with Crippen LogP contribution in [0.1, 0.15) is 41.3 Å². The van der Waals surface area contributed by atoms with E-state index in [0.29, 0.717) is 24.1 Å². The van der Waals surface area contributed by atoms with E-state index in [4.69, 9.17) is 4.42 Å². The Hall–Kier alpha value is -2.89. The van der Waals surface area contributed by atoms with Gasteiger partial charge in [-0.15, -0.1) is 5.10 Å². The molecule has 0 saturated heterocycles. The molecule has 1 fully saturated rings. The molecule has 0 bridgehead atoms. The quantitative estimate of drug-likeness (QED) is 0.717. The number of benzene rings is 1. The summed E-state index contributed by atoms with van der Waals surface area (Å²) in [5, 5.41) is 8.46. The van der Waals surface area contributed by atoms with Crippen LogP contribution < -0.4 is 0 Å². The van der Waals surface area contributed by atoms with Crippen molar-refractivity contribution in [1.82, 2.24) is 19.9 Å². The van der Waals surface area contributed by atoms with E-state index in [9.17, 15) is 4.79 Å². The number of furan rings is 1. The number of nitrogens with zero attached hydrogens (tertiary/aromatic N) is 4. The van der Waals surface area contributed by atoms with Crippen molar-refractivity contribution in [3.8, 4) is 5.69 Å². The van der Waals surface area contributed by atoms with Crippen LogP contribution >= 0.6 is 0 Å². The third kappa shape index (κ3) is 3.20. The summed E-state index contributed by atoms with van der Waals surface area (Å²) in [6, 6.07) is 13.5. The van der Waals surface area contributed by atoms with Crippen molar-refractivity contribution in [3.63, 3.8) is 0 Å². The molecule has 6 nitrogen and oxygen atoms in total. The van der Waals surface area contributed by atoms with E-state index in [1.807, 2.05) is 42.5 Å². The lowest BCUT2D eigenvalue weighted by atomic mass is 10.3. The molecule has 0 aliphatic heterocycles. The largest absolute Gasteiger partial charge is 0.464 e. The monoisotopic (exact) mass is 336 g/mol. The molecule has 3 aromatic rings. The number of hydrogen-bond acceptors (Lipinski definition) is 4. The topological polar surface area (TPSA) is 64.2 Å². The van der Waals surface area contributed by atoms with Gasteiger partial charge in [-0.2, -0.15) is 9.90 Å². The first-order chi connectivity index (χ1) is 12.1. The molecule has 0 spiro atoms. The second kappa shape index (κ2) is 6.20. The number of carbonyl (C=O) groups excluding carboxylic acids is 1. The first kappa shape index (κ1) is 15.6. The van der Waals surface area contributed by atoms with Crippen molar-refractivity contribution >= 4 is 5.91 Å². The van der Waals surface area contributed by atoms with Crippen molar-refractivity contribution < 1.29 is 9.21 Å². The first-order valence-electron chi connectivity index (χ1n) is 8.43. The van der Waals surface area contributed by atoms with Crippen LogP contribution in [0.5, 0.6) is 0 Å². The summed E-state index contributed by atoms with van der Waals surface area (Å²) in [5.41, 5.74) is 1.13. The van der Waals surface area contributed by atoms with Crippen LogP contribution in [-0.2, 0) is 6.54 Å². The highest BCUT2D eigenvalue weighted by Crippen LogP contribution is 2.47. The van der Waals surface area contributed by atoms with Crippen LogP contribution in [0.4, 0.5) is 0 Å². The molecule has 2 aromatic heterocycles. The van der Waals surface area contributed by atoms with Gasteiger partial charge in [-0.1, -0.05) is 25.1 Å².